The molecule has 40 heavy (non-hydrogen) atoms. The van der Waals surface area contributed by atoms with Crippen LogP contribution < -0.4 is 15.5 Å². The summed E-state index contributed by atoms with van der Waals surface area (Å²) >= 11 is 0. The van der Waals surface area contributed by atoms with E-state index in [9.17, 15) is 23.1 Å². The van der Waals surface area contributed by atoms with Crippen molar-refractivity contribution < 1.29 is 23.1 Å². The molecule has 10 heteroatoms. The van der Waals surface area contributed by atoms with Crippen LogP contribution in [0.1, 0.15) is 39.9 Å². The average Bonchev–Trinajstić information content (AvgIpc) is 2.92. The molecule has 0 bridgehead atoms. The smallest absolute Gasteiger partial charge is 0.326 e. The first kappa shape index (κ1) is 29.1. The first-order valence-corrected chi connectivity index (χ1v) is 15.2. The van der Waals surface area contributed by atoms with E-state index in [1.165, 1.54) is 12.1 Å². The van der Waals surface area contributed by atoms with Gasteiger partial charge < -0.3 is 20.6 Å². The van der Waals surface area contributed by atoms with Crippen LogP contribution in [-0.4, -0.2) is 62.3 Å². The highest BCUT2D eigenvalue weighted by atomic mass is 32.2. The van der Waals surface area contributed by atoms with Gasteiger partial charge in [-0.2, -0.15) is 0 Å². The number of anilines is 2. The summed E-state index contributed by atoms with van der Waals surface area (Å²) in [7, 11) is -3.43. The predicted octanol–water partition coefficient (Wildman–Crippen LogP) is 3.86. The van der Waals surface area contributed by atoms with Gasteiger partial charge in [-0.3, -0.25) is 4.79 Å². The van der Waals surface area contributed by atoms with Crippen LogP contribution in [0.4, 0.5) is 11.5 Å². The molecule has 1 atom stereocenters. The van der Waals surface area contributed by atoms with Gasteiger partial charge in [0.05, 0.1) is 4.90 Å². The Bertz CT molecular complexity index is 1430. The number of benzene rings is 2. The van der Waals surface area contributed by atoms with Gasteiger partial charge in [-0.05, 0) is 85.7 Å². The summed E-state index contributed by atoms with van der Waals surface area (Å²) in [6.07, 6.45) is 5.15. The van der Waals surface area contributed by atoms with E-state index in [0.717, 1.165) is 55.8 Å². The monoisotopic (exact) mass is 564 g/mol. The number of carbonyl (C=O) groups is 2. The van der Waals surface area contributed by atoms with E-state index in [-0.39, 0.29) is 16.9 Å². The normalized spacial score (nSPS) is 14.9. The SMILES string of the molecule is Cc1cc(S(C)(=O)=O)cc(C)c1C(=O)NC(Cc1ccc(N2CCC(CNc3ccccn3)CC2)cc1)C(=O)O. The van der Waals surface area contributed by atoms with Crippen molar-refractivity contribution in [3.63, 3.8) is 0 Å². The van der Waals surface area contributed by atoms with Gasteiger partial charge in [-0.15, -0.1) is 0 Å². The zero-order valence-electron chi connectivity index (χ0n) is 23.1. The van der Waals surface area contributed by atoms with Crippen molar-refractivity contribution in [1.29, 1.82) is 0 Å². The second kappa shape index (κ2) is 12.5. The number of piperidine rings is 1. The summed E-state index contributed by atoms with van der Waals surface area (Å²) in [5.41, 5.74) is 3.12. The van der Waals surface area contributed by atoms with E-state index in [4.69, 9.17) is 0 Å². The predicted molar refractivity (Wildman–Crippen MR) is 156 cm³/mol. The lowest BCUT2D eigenvalue weighted by Crippen LogP contribution is -2.42. The van der Waals surface area contributed by atoms with Crippen LogP contribution in [0.2, 0.25) is 0 Å². The summed E-state index contributed by atoms with van der Waals surface area (Å²) in [6, 6.07) is 15.4. The van der Waals surface area contributed by atoms with Crippen LogP contribution >= 0.6 is 0 Å². The Morgan fingerprint density at radius 3 is 2.25 bits per heavy atom. The average molecular weight is 565 g/mol. The van der Waals surface area contributed by atoms with Crippen molar-refractivity contribution in [2.75, 3.05) is 36.1 Å². The zero-order chi connectivity index (χ0) is 28.9. The molecule has 3 aromatic rings. The molecule has 0 radical (unpaired) electrons. The third-order valence-electron chi connectivity index (χ3n) is 7.36. The Labute approximate surface area is 235 Å². The molecular weight excluding hydrogens is 528 g/mol. The molecule has 1 saturated heterocycles. The van der Waals surface area contributed by atoms with Crippen molar-refractivity contribution in [3.8, 4) is 0 Å². The highest BCUT2D eigenvalue weighted by molar-refractivity contribution is 7.90. The molecule has 0 aliphatic carbocycles. The quantitative estimate of drug-likeness (QED) is 0.339. The summed E-state index contributed by atoms with van der Waals surface area (Å²) < 4.78 is 23.8. The molecule has 1 amide bonds. The minimum atomic E-state index is -3.43. The molecule has 1 aromatic heterocycles. The van der Waals surface area contributed by atoms with Crippen molar-refractivity contribution in [3.05, 3.63) is 83.0 Å². The fraction of sp³-hybridized carbons (Fsp3) is 0.367. The summed E-state index contributed by atoms with van der Waals surface area (Å²) in [5.74, 6) is -0.208. The number of rotatable bonds is 10. The Kier molecular flexibility index (Phi) is 9.09. The molecular formula is C30H36N4O5S. The Hall–Kier alpha value is -3.92. The van der Waals surface area contributed by atoms with Gasteiger partial charge in [-0.1, -0.05) is 18.2 Å². The van der Waals surface area contributed by atoms with Crippen LogP contribution in [0, 0.1) is 19.8 Å². The third kappa shape index (κ3) is 7.38. The van der Waals surface area contributed by atoms with E-state index < -0.39 is 27.8 Å². The standard InChI is InChI=1S/C30H36N4O5S/c1-20-16-25(40(3,38)39)17-21(2)28(20)29(35)33-26(30(36)37)18-22-7-9-24(10-8-22)34-14-11-23(12-15-34)19-32-27-6-4-5-13-31-27/h4-10,13,16-17,23,26H,11-12,14-15,18-19H2,1-3H3,(H,31,32)(H,33,35)(H,36,37). The van der Waals surface area contributed by atoms with Crippen molar-refractivity contribution in [2.45, 2.75) is 44.0 Å². The molecule has 9 nitrogen and oxygen atoms in total. The van der Waals surface area contributed by atoms with Crippen LogP contribution in [0.3, 0.4) is 0 Å². The molecule has 0 saturated carbocycles. The lowest BCUT2D eigenvalue weighted by atomic mass is 9.96. The molecule has 1 unspecified atom stereocenters. The first-order chi connectivity index (χ1) is 19.0. The van der Waals surface area contributed by atoms with Gasteiger partial charge in [0.2, 0.25) is 0 Å². The summed E-state index contributed by atoms with van der Waals surface area (Å²) in [6.45, 7) is 6.07. The minimum absolute atomic E-state index is 0.124. The number of carboxylic acid groups (broad SMARTS) is 1. The van der Waals surface area contributed by atoms with Gasteiger partial charge in [-0.25, -0.2) is 18.2 Å². The van der Waals surface area contributed by atoms with E-state index in [2.05, 4.69) is 20.5 Å². The number of aryl methyl sites for hydroxylation is 2. The van der Waals surface area contributed by atoms with Gasteiger partial charge in [0.25, 0.3) is 5.91 Å². The number of carboxylic acids is 1. The van der Waals surface area contributed by atoms with Crippen molar-refractivity contribution >= 4 is 33.2 Å². The fourth-order valence-corrected chi connectivity index (χ4v) is 5.90. The fourth-order valence-electron chi connectivity index (χ4n) is 5.12. The Morgan fingerprint density at radius 2 is 1.70 bits per heavy atom. The number of pyridine rings is 1. The van der Waals surface area contributed by atoms with E-state index >= 15 is 0 Å². The first-order valence-electron chi connectivity index (χ1n) is 13.3. The maximum atomic E-state index is 13.0. The number of nitrogens with one attached hydrogen (secondary N) is 2. The molecule has 1 fully saturated rings. The zero-order valence-corrected chi connectivity index (χ0v) is 23.9. The number of aliphatic carboxylic acids is 1. The van der Waals surface area contributed by atoms with Crippen LogP contribution in [0.25, 0.3) is 0 Å². The second-order valence-corrected chi connectivity index (χ2v) is 12.5. The second-order valence-electron chi connectivity index (χ2n) is 10.5. The lowest BCUT2D eigenvalue weighted by Gasteiger charge is -2.34. The number of sulfone groups is 1. The molecule has 1 aliphatic heterocycles. The highest BCUT2D eigenvalue weighted by Crippen LogP contribution is 2.25. The molecule has 1 aliphatic rings. The maximum Gasteiger partial charge on any atom is 0.326 e. The number of hydrogen-bond donors (Lipinski definition) is 3. The van der Waals surface area contributed by atoms with E-state index in [0.29, 0.717) is 17.0 Å². The highest BCUT2D eigenvalue weighted by Gasteiger charge is 2.25. The molecule has 212 valence electrons. The van der Waals surface area contributed by atoms with Crippen LogP contribution in [0.5, 0.6) is 0 Å². The van der Waals surface area contributed by atoms with Crippen molar-refractivity contribution in [2.24, 2.45) is 5.92 Å². The molecule has 0 spiro atoms. The van der Waals surface area contributed by atoms with Crippen LogP contribution in [-0.2, 0) is 21.1 Å². The Morgan fingerprint density at radius 1 is 1.05 bits per heavy atom. The molecule has 2 aromatic carbocycles. The molecule has 3 N–H and O–H groups in total. The van der Waals surface area contributed by atoms with Gasteiger partial charge in [0.1, 0.15) is 11.9 Å². The third-order valence-corrected chi connectivity index (χ3v) is 8.45. The number of carbonyl (C=O) groups excluding carboxylic acids is 1. The number of nitrogens with zero attached hydrogens (tertiary/aromatic N) is 2. The van der Waals surface area contributed by atoms with Gasteiger partial charge in [0.15, 0.2) is 9.84 Å². The van der Waals surface area contributed by atoms with E-state index in [1.54, 1.807) is 20.0 Å². The van der Waals surface area contributed by atoms with Crippen molar-refractivity contribution in [1.82, 2.24) is 10.3 Å². The van der Waals surface area contributed by atoms with Crippen LogP contribution in [0.15, 0.2) is 65.7 Å². The summed E-state index contributed by atoms with van der Waals surface area (Å²) in [4.78, 5) is 31.8. The number of hydrogen-bond acceptors (Lipinski definition) is 7. The van der Waals surface area contributed by atoms with Gasteiger partial charge >= 0.3 is 5.97 Å². The maximum absolute atomic E-state index is 13.0. The Balaban J connectivity index is 1.34. The number of aromatic nitrogens is 1. The minimum Gasteiger partial charge on any atom is -0.480 e. The molecule has 2 heterocycles. The topological polar surface area (TPSA) is 129 Å². The van der Waals surface area contributed by atoms with E-state index in [1.807, 2.05) is 42.5 Å². The molecule has 4 rings (SSSR count). The van der Waals surface area contributed by atoms with Gasteiger partial charge in [0, 0.05) is 49.8 Å². The number of amides is 1. The summed E-state index contributed by atoms with van der Waals surface area (Å²) in [5, 5.41) is 15.8. The lowest BCUT2D eigenvalue weighted by molar-refractivity contribution is -0.139. The largest absolute Gasteiger partial charge is 0.480 e.